The second-order valence-corrected chi connectivity index (χ2v) is 11.4. The SMILES string of the molecule is CC1CC1COC(=O)NCCCCCC(=O)Oc1ccccc1P(c1ccccc1)c1ccccc1. The lowest BCUT2D eigenvalue weighted by Crippen LogP contribution is -2.26. The number of rotatable bonds is 12. The normalized spacial score (nSPS) is 16.4. The predicted molar refractivity (Wildman–Crippen MR) is 146 cm³/mol. The molecule has 1 fully saturated rings. The summed E-state index contributed by atoms with van der Waals surface area (Å²) in [5, 5.41) is 6.23. The maximum Gasteiger partial charge on any atom is 0.407 e. The Balaban J connectivity index is 1.27. The zero-order chi connectivity index (χ0) is 25.2. The quantitative estimate of drug-likeness (QED) is 0.158. The molecule has 0 radical (unpaired) electrons. The minimum atomic E-state index is -0.860. The molecule has 4 rings (SSSR count). The topological polar surface area (TPSA) is 64.6 Å². The van der Waals surface area contributed by atoms with Crippen LogP contribution >= 0.6 is 7.92 Å². The van der Waals surface area contributed by atoms with Crippen molar-refractivity contribution >= 4 is 35.9 Å². The number of ether oxygens (including phenoxy) is 2. The van der Waals surface area contributed by atoms with E-state index >= 15 is 0 Å². The Morgan fingerprint density at radius 3 is 2.11 bits per heavy atom. The van der Waals surface area contributed by atoms with Gasteiger partial charge in [-0.3, -0.25) is 4.79 Å². The minimum Gasteiger partial charge on any atom is -0.449 e. The van der Waals surface area contributed by atoms with Gasteiger partial charge in [0.05, 0.1) is 6.61 Å². The summed E-state index contributed by atoms with van der Waals surface area (Å²) in [4.78, 5) is 24.4. The molecule has 5 nitrogen and oxygen atoms in total. The Bertz CT molecular complexity index is 1080. The number of unbranched alkanes of at least 4 members (excludes halogenated alkanes) is 2. The lowest BCUT2D eigenvalue weighted by atomic mass is 10.2. The van der Waals surface area contributed by atoms with Crippen LogP contribution in [0.15, 0.2) is 84.9 Å². The number of amides is 1. The van der Waals surface area contributed by atoms with Gasteiger partial charge < -0.3 is 14.8 Å². The van der Waals surface area contributed by atoms with Crippen molar-refractivity contribution in [3.05, 3.63) is 84.9 Å². The molecule has 2 unspecified atom stereocenters. The molecular formula is C30H34NO4P. The number of hydrogen-bond donors (Lipinski definition) is 1. The van der Waals surface area contributed by atoms with Gasteiger partial charge in [0, 0.05) is 18.3 Å². The van der Waals surface area contributed by atoms with Crippen molar-refractivity contribution in [1.29, 1.82) is 0 Å². The zero-order valence-corrected chi connectivity index (χ0v) is 21.7. The molecule has 1 aliphatic carbocycles. The average Bonchev–Trinajstić information content (AvgIpc) is 3.62. The van der Waals surface area contributed by atoms with Crippen molar-refractivity contribution in [1.82, 2.24) is 5.32 Å². The van der Waals surface area contributed by atoms with Gasteiger partial charge in [0.1, 0.15) is 5.75 Å². The van der Waals surface area contributed by atoms with Crippen LogP contribution in [0.5, 0.6) is 5.75 Å². The van der Waals surface area contributed by atoms with Gasteiger partial charge in [0.25, 0.3) is 0 Å². The fourth-order valence-electron chi connectivity index (χ4n) is 4.11. The van der Waals surface area contributed by atoms with E-state index in [1.54, 1.807) is 0 Å². The zero-order valence-electron chi connectivity index (χ0n) is 20.8. The highest BCUT2D eigenvalue weighted by Gasteiger charge is 2.33. The molecule has 188 valence electrons. The maximum atomic E-state index is 12.7. The summed E-state index contributed by atoms with van der Waals surface area (Å²) in [7, 11) is -0.860. The fourth-order valence-corrected chi connectivity index (χ4v) is 6.48. The number of carbonyl (C=O) groups excluding carboxylic acids is 2. The molecule has 36 heavy (non-hydrogen) atoms. The van der Waals surface area contributed by atoms with Crippen molar-refractivity contribution in [3.63, 3.8) is 0 Å². The molecule has 1 amide bonds. The smallest absolute Gasteiger partial charge is 0.407 e. The van der Waals surface area contributed by atoms with Crippen LogP contribution in [0.1, 0.15) is 39.0 Å². The maximum absolute atomic E-state index is 12.7. The van der Waals surface area contributed by atoms with Crippen LogP contribution in [0.25, 0.3) is 0 Å². The first kappa shape index (κ1) is 25.9. The highest BCUT2D eigenvalue weighted by Crippen LogP contribution is 2.38. The third-order valence-electron chi connectivity index (χ3n) is 6.39. The van der Waals surface area contributed by atoms with Crippen LogP contribution in [-0.4, -0.2) is 25.2 Å². The monoisotopic (exact) mass is 503 g/mol. The van der Waals surface area contributed by atoms with Gasteiger partial charge >= 0.3 is 12.1 Å². The molecule has 0 heterocycles. The van der Waals surface area contributed by atoms with Gasteiger partial charge in [-0.15, -0.1) is 0 Å². The van der Waals surface area contributed by atoms with Gasteiger partial charge in [-0.25, -0.2) is 4.79 Å². The average molecular weight is 504 g/mol. The standard InChI is InChI=1S/C30H34NO4P/c1-23-21-24(23)22-34-30(33)31-20-12-4-9-19-29(32)35-27-17-10-11-18-28(27)36(25-13-5-2-6-14-25)26-15-7-3-8-16-26/h2-3,5-8,10-11,13-18,23-24H,4,9,12,19-22H2,1H3,(H,31,33). The lowest BCUT2D eigenvalue weighted by Gasteiger charge is -2.21. The Morgan fingerprint density at radius 2 is 1.47 bits per heavy atom. The number of nitrogens with one attached hydrogen (secondary N) is 1. The number of benzene rings is 3. The molecule has 1 saturated carbocycles. The van der Waals surface area contributed by atoms with E-state index in [1.807, 2.05) is 54.6 Å². The third kappa shape index (κ3) is 7.66. The first-order valence-corrected chi connectivity index (χ1v) is 14.1. The predicted octanol–water partition coefficient (Wildman–Crippen LogP) is 5.29. The number of alkyl carbamates (subject to hydrolysis) is 1. The van der Waals surface area contributed by atoms with Crippen LogP contribution in [-0.2, 0) is 9.53 Å². The van der Waals surface area contributed by atoms with E-state index < -0.39 is 7.92 Å². The number of hydrogen-bond acceptors (Lipinski definition) is 4. The molecule has 3 aromatic rings. The van der Waals surface area contributed by atoms with Gasteiger partial charge in [-0.1, -0.05) is 92.2 Å². The van der Waals surface area contributed by atoms with E-state index in [1.165, 1.54) is 10.6 Å². The van der Waals surface area contributed by atoms with Crippen molar-refractivity contribution in [2.24, 2.45) is 11.8 Å². The van der Waals surface area contributed by atoms with Crippen LogP contribution in [0.2, 0.25) is 0 Å². The summed E-state index contributed by atoms with van der Waals surface area (Å²) in [6, 6.07) is 28.6. The van der Waals surface area contributed by atoms with Gasteiger partial charge in [-0.2, -0.15) is 0 Å². The molecule has 2 atom stereocenters. The van der Waals surface area contributed by atoms with Crippen molar-refractivity contribution in [2.75, 3.05) is 13.2 Å². The number of para-hydroxylation sites is 1. The number of esters is 1. The van der Waals surface area contributed by atoms with E-state index in [0.717, 1.165) is 24.6 Å². The summed E-state index contributed by atoms with van der Waals surface area (Å²) in [6.07, 6.45) is 3.48. The molecular weight excluding hydrogens is 469 g/mol. The van der Waals surface area contributed by atoms with Crippen LogP contribution in [0.4, 0.5) is 4.79 Å². The first-order valence-electron chi connectivity index (χ1n) is 12.7. The van der Waals surface area contributed by atoms with E-state index in [-0.39, 0.29) is 12.1 Å². The Labute approximate surface area is 215 Å². The molecule has 1 N–H and O–H groups in total. The van der Waals surface area contributed by atoms with Crippen molar-refractivity contribution in [3.8, 4) is 5.75 Å². The molecule has 0 saturated heterocycles. The fraction of sp³-hybridized carbons (Fsp3) is 0.333. The van der Waals surface area contributed by atoms with Crippen molar-refractivity contribution in [2.45, 2.75) is 39.0 Å². The van der Waals surface area contributed by atoms with Crippen LogP contribution in [0, 0.1) is 11.8 Å². The summed E-state index contributed by atoms with van der Waals surface area (Å²) in [5.41, 5.74) is 0. The second kappa shape index (κ2) is 13.2. The molecule has 0 spiro atoms. The van der Waals surface area contributed by atoms with Crippen molar-refractivity contribution < 1.29 is 19.1 Å². The van der Waals surface area contributed by atoms with E-state index in [2.05, 4.69) is 42.6 Å². The van der Waals surface area contributed by atoms with Crippen LogP contribution < -0.4 is 26.0 Å². The lowest BCUT2D eigenvalue weighted by molar-refractivity contribution is -0.134. The largest absolute Gasteiger partial charge is 0.449 e. The highest BCUT2D eigenvalue weighted by molar-refractivity contribution is 7.80. The summed E-state index contributed by atoms with van der Waals surface area (Å²) in [6.45, 7) is 3.23. The summed E-state index contributed by atoms with van der Waals surface area (Å²) >= 11 is 0. The Morgan fingerprint density at radius 1 is 0.861 bits per heavy atom. The van der Waals surface area contributed by atoms with Gasteiger partial charge in [0.15, 0.2) is 0 Å². The van der Waals surface area contributed by atoms with Gasteiger partial charge in [-0.05, 0) is 55.7 Å². The molecule has 0 bridgehead atoms. The van der Waals surface area contributed by atoms with E-state index in [0.29, 0.717) is 43.6 Å². The Kier molecular flexibility index (Phi) is 9.52. The molecule has 1 aliphatic rings. The summed E-state index contributed by atoms with van der Waals surface area (Å²) < 4.78 is 11.1. The summed E-state index contributed by atoms with van der Waals surface area (Å²) in [5.74, 6) is 1.59. The van der Waals surface area contributed by atoms with E-state index in [9.17, 15) is 9.59 Å². The Hall–Kier alpha value is -3.17. The highest BCUT2D eigenvalue weighted by atomic mass is 31.1. The molecule has 0 aliphatic heterocycles. The number of carbonyl (C=O) groups is 2. The molecule has 0 aromatic heterocycles. The minimum absolute atomic E-state index is 0.232. The first-order chi connectivity index (χ1) is 17.6. The molecule has 3 aromatic carbocycles. The van der Waals surface area contributed by atoms with Gasteiger partial charge in [0.2, 0.25) is 0 Å². The van der Waals surface area contributed by atoms with Crippen LogP contribution in [0.3, 0.4) is 0 Å². The van der Waals surface area contributed by atoms with E-state index in [4.69, 9.17) is 9.47 Å². The third-order valence-corrected chi connectivity index (χ3v) is 8.87. The molecule has 6 heteroatoms. The second-order valence-electron chi connectivity index (χ2n) is 9.26.